The molecular formula is C10H18O5. The monoisotopic (exact) mass is 218 g/mol. The summed E-state index contributed by atoms with van der Waals surface area (Å²) >= 11 is 0. The van der Waals surface area contributed by atoms with E-state index in [0.717, 1.165) is 0 Å². The van der Waals surface area contributed by atoms with Crippen LogP contribution in [0.15, 0.2) is 0 Å². The Morgan fingerprint density at radius 3 is 1.67 bits per heavy atom. The highest BCUT2D eigenvalue weighted by atomic mass is 16.5. The summed E-state index contributed by atoms with van der Waals surface area (Å²) in [6.45, 7) is 5.28. The largest absolute Gasteiger partial charge is 0.466 e. The first-order valence-electron chi connectivity index (χ1n) is 4.95. The van der Waals surface area contributed by atoms with E-state index in [4.69, 9.17) is 0 Å². The second-order valence-corrected chi connectivity index (χ2v) is 3.46. The first-order valence-corrected chi connectivity index (χ1v) is 4.95. The van der Waals surface area contributed by atoms with Crippen LogP contribution < -0.4 is 0 Å². The lowest BCUT2D eigenvalue weighted by Gasteiger charge is -2.20. The molecule has 5 heteroatoms. The number of ether oxygens (including phenoxy) is 2. The van der Waals surface area contributed by atoms with Gasteiger partial charge in [-0.05, 0) is 20.8 Å². The maximum Gasteiger partial charge on any atom is 0.308 e. The van der Waals surface area contributed by atoms with E-state index in [1.165, 1.54) is 6.92 Å². The first-order chi connectivity index (χ1) is 6.91. The van der Waals surface area contributed by atoms with Crippen LogP contribution in [0.1, 0.15) is 33.6 Å². The van der Waals surface area contributed by atoms with Crippen LogP contribution in [0.2, 0.25) is 0 Å². The predicted octanol–water partition coefficient (Wildman–Crippen LogP) is 0.644. The van der Waals surface area contributed by atoms with Gasteiger partial charge in [0.15, 0.2) is 0 Å². The van der Waals surface area contributed by atoms with Crippen molar-refractivity contribution in [3.8, 4) is 0 Å². The molecule has 0 saturated heterocycles. The minimum Gasteiger partial charge on any atom is -0.466 e. The van der Waals surface area contributed by atoms with E-state index < -0.39 is 17.5 Å². The van der Waals surface area contributed by atoms with Crippen LogP contribution in [0.4, 0.5) is 0 Å². The molecule has 0 aliphatic carbocycles. The quantitative estimate of drug-likeness (QED) is 0.662. The van der Waals surface area contributed by atoms with Gasteiger partial charge in [-0.15, -0.1) is 0 Å². The normalized spacial score (nSPS) is 10.9. The zero-order valence-electron chi connectivity index (χ0n) is 9.41. The number of hydrogen-bond donors (Lipinski definition) is 1. The van der Waals surface area contributed by atoms with Gasteiger partial charge >= 0.3 is 11.9 Å². The molecule has 5 nitrogen and oxygen atoms in total. The number of esters is 2. The van der Waals surface area contributed by atoms with E-state index in [0.29, 0.717) is 0 Å². The molecule has 0 saturated carbocycles. The molecule has 0 bridgehead atoms. The third-order valence-corrected chi connectivity index (χ3v) is 1.66. The Kier molecular flexibility index (Phi) is 5.93. The summed E-state index contributed by atoms with van der Waals surface area (Å²) in [7, 11) is 0. The lowest BCUT2D eigenvalue weighted by atomic mass is 9.98. The molecule has 0 aromatic carbocycles. The molecule has 0 aromatic rings. The van der Waals surface area contributed by atoms with Gasteiger partial charge in [0.1, 0.15) is 0 Å². The van der Waals surface area contributed by atoms with E-state index in [1.807, 2.05) is 0 Å². The summed E-state index contributed by atoms with van der Waals surface area (Å²) in [4.78, 5) is 22.1. The molecule has 0 aliphatic heterocycles. The standard InChI is InChI=1S/C10H18O5/c1-4-14-8(11)6-10(3,13)7-9(12)15-5-2/h13H,4-7H2,1-3H3. The van der Waals surface area contributed by atoms with Gasteiger partial charge in [-0.25, -0.2) is 0 Å². The van der Waals surface area contributed by atoms with Crippen LogP contribution >= 0.6 is 0 Å². The molecule has 88 valence electrons. The molecule has 0 radical (unpaired) electrons. The third kappa shape index (κ3) is 6.90. The van der Waals surface area contributed by atoms with Crippen molar-refractivity contribution in [2.24, 2.45) is 0 Å². The molecule has 0 unspecified atom stereocenters. The lowest BCUT2D eigenvalue weighted by molar-refractivity contribution is -0.153. The molecule has 0 heterocycles. The molecule has 0 amide bonds. The fourth-order valence-electron chi connectivity index (χ4n) is 1.11. The Balaban J connectivity index is 4.05. The average molecular weight is 218 g/mol. The Morgan fingerprint density at radius 2 is 1.40 bits per heavy atom. The summed E-state index contributed by atoms with van der Waals surface area (Å²) in [6.07, 6.45) is -0.417. The molecule has 0 atom stereocenters. The number of carbonyl (C=O) groups is 2. The second-order valence-electron chi connectivity index (χ2n) is 3.46. The van der Waals surface area contributed by atoms with Crippen LogP contribution in [0.5, 0.6) is 0 Å². The van der Waals surface area contributed by atoms with Crippen molar-refractivity contribution in [2.45, 2.75) is 39.2 Å². The van der Waals surface area contributed by atoms with Gasteiger partial charge in [0.25, 0.3) is 0 Å². The summed E-state index contributed by atoms with van der Waals surface area (Å²) in [5.74, 6) is -1.04. The van der Waals surface area contributed by atoms with Gasteiger partial charge in [-0.2, -0.15) is 0 Å². The summed E-state index contributed by atoms with van der Waals surface area (Å²) < 4.78 is 9.34. The maximum absolute atomic E-state index is 11.1. The lowest BCUT2D eigenvalue weighted by Crippen LogP contribution is -2.32. The molecule has 1 N–H and O–H groups in total. The Bertz CT molecular complexity index is 200. The fourth-order valence-corrected chi connectivity index (χ4v) is 1.11. The van der Waals surface area contributed by atoms with Crippen molar-refractivity contribution < 1.29 is 24.2 Å². The van der Waals surface area contributed by atoms with Crippen LogP contribution in [0.3, 0.4) is 0 Å². The van der Waals surface area contributed by atoms with Gasteiger partial charge < -0.3 is 14.6 Å². The average Bonchev–Trinajstić information content (AvgIpc) is 2.01. The molecular weight excluding hydrogens is 200 g/mol. The van der Waals surface area contributed by atoms with E-state index in [2.05, 4.69) is 9.47 Å². The third-order valence-electron chi connectivity index (χ3n) is 1.66. The Labute approximate surface area is 89.4 Å². The van der Waals surface area contributed by atoms with E-state index in [1.54, 1.807) is 13.8 Å². The van der Waals surface area contributed by atoms with Crippen molar-refractivity contribution in [1.82, 2.24) is 0 Å². The predicted molar refractivity (Wildman–Crippen MR) is 53.1 cm³/mol. The molecule has 0 spiro atoms. The highest BCUT2D eigenvalue weighted by Gasteiger charge is 2.28. The Hall–Kier alpha value is -1.10. The van der Waals surface area contributed by atoms with Crippen LogP contribution in [-0.4, -0.2) is 35.9 Å². The van der Waals surface area contributed by atoms with Gasteiger partial charge in [0.2, 0.25) is 0 Å². The Morgan fingerprint density at radius 1 is 1.07 bits per heavy atom. The second kappa shape index (κ2) is 6.40. The minimum absolute atomic E-state index is 0.209. The van der Waals surface area contributed by atoms with Crippen LogP contribution in [0, 0.1) is 0 Å². The summed E-state index contributed by atoms with van der Waals surface area (Å²) in [6, 6.07) is 0. The molecule has 0 aromatic heterocycles. The SMILES string of the molecule is CCOC(=O)CC(C)(O)CC(=O)OCC. The zero-order chi connectivity index (χ0) is 11.9. The van der Waals surface area contributed by atoms with E-state index >= 15 is 0 Å². The highest BCUT2D eigenvalue weighted by Crippen LogP contribution is 2.16. The van der Waals surface area contributed by atoms with Gasteiger partial charge in [-0.1, -0.05) is 0 Å². The minimum atomic E-state index is -1.40. The fraction of sp³-hybridized carbons (Fsp3) is 0.800. The van der Waals surface area contributed by atoms with Crippen LogP contribution in [-0.2, 0) is 19.1 Å². The van der Waals surface area contributed by atoms with Crippen molar-refractivity contribution in [1.29, 1.82) is 0 Å². The molecule has 0 aliphatic rings. The van der Waals surface area contributed by atoms with Crippen molar-refractivity contribution in [3.63, 3.8) is 0 Å². The summed E-state index contributed by atoms with van der Waals surface area (Å²) in [5.41, 5.74) is -1.40. The number of aliphatic hydroxyl groups is 1. The number of hydrogen-bond acceptors (Lipinski definition) is 5. The van der Waals surface area contributed by atoms with Gasteiger partial charge in [0.05, 0.1) is 31.7 Å². The summed E-state index contributed by atoms with van der Waals surface area (Å²) in [5, 5.41) is 9.71. The van der Waals surface area contributed by atoms with Gasteiger partial charge in [0, 0.05) is 0 Å². The van der Waals surface area contributed by atoms with E-state index in [9.17, 15) is 14.7 Å². The van der Waals surface area contributed by atoms with Crippen molar-refractivity contribution >= 4 is 11.9 Å². The van der Waals surface area contributed by atoms with Crippen molar-refractivity contribution in [2.75, 3.05) is 13.2 Å². The smallest absolute Gasteiger partial charge is 0.308 e. The zero-order valence-corrected chi connectivity index (χ0v) is 9.41. The van der Waals surface area contributed by atoms with Crippen molar-refractivity contribution in [3.05, 3.63) is 0 Å². The number of rotatable bonds is 6. The number of carbonyl (C=O) groups excluding carboxylic acids is 2. The molecule has 0 fully saturated rings. The molecule has 0 rings (SSSR count). The maximum atomic E-state index is 11.1. The topological polar surface area (TPSA) is 72.8 Å². The first kappa shape index (κ1) is 13.9. The molecule has 15 heavy (non-hydrogen) atoms. The van der Waals surface area contributed by atoms with E-state index in [-0.39, 0.29) is 26.1 Å². The van der Waals surface area contributed by atoms with Crippen LogP contribution in [0.25, 0.3) is 0 Å². The highest BCUT2D eigenvalue weighted by molar-refractivity contribution is 5.74. The van der Waals surface area contributed by atoms with Gasteiger partial charge in [-0.3, -0.25) is 9.59 Å².